The molecule has 0 bridgehead atoms. The Balaban J connectivity index is 2.57. The third-order valence-corrected chi connectivity index (χ3v) is 2.99. The predicted molar refractivity (Wildman–Crippen MR) is 68.4 cm³/mol. The Kier molecular flexibility index (Phi) is 3.30. The number of carboxylic acid groups (broad SMARTS) is 1. The molecule has 4 nitrogen and oxygen atoms in total. The van der Waals surface area contributed by atoms with Gasteiger partial charge < -0.3 is 10.2 Å². The molecule has 0 saturated carbocycles. The van der Waals surface area contributed by atoms with Crippen LogP contribution < -0.4 is 0 Å². The smallest absolute Gasteiger partial charge is 0.337 e. The van der Waals surface area contributed by atoms with Crippen molar-refractivity contribution in [2.75, 3.05) is 0 Å². The average Bonchev–Trinajstić information content (AvgIpc) is 2.36. The number of carbonyl (C=O) groups is 1. The third-order valence-electron chi connectivity index (χ3n) is 2.99. The van der Waals surface area contributed by atoms with Gasteiger partial charge in [0.2, 0.25) is 0 Å². The molecule has 18 heavy (non-hydrogen) atoms. The maximum absolute atomic E-state index is 10.7. The number of aliphatic hydroxyl groups is 1. The van der Waals surface area contributed by atoms with Gasteiger partial charge in [-0.1, -0.05) is 26.0 Å². The molecule has 0 amide bonds. The van der Waals surface area contributed by atoms with Crippen LogP contribution in [0.2, 0.25) is 0 Å². The number of benzene rings is 1. The number of rotatable bonds is 3. The van der Waals surface area contributed by atoms with Crippen LogP contribution in [0.4, 0.5) is 0 Å². The number of aromatic nitrogens is 1. The highest BCUT2D eigenvalue weighted by Crippen LogP contribution is 2.26. The van der Waals surface area contributed by atoms with Gasteiger partial charge in [0.05, 0.1) is 0 Å². The van der Waals surface area contributed by atoms with Gasteiger partial charge in [0.25, 0.3) is 0 Å². The lowest BCUT2D eigenvalue weighted by atomic mass is 9.96. The molecular formula is C14H15NO3. The molecule has 1 unspecified atom stereocenters. The molecule has 2 aromatic rings. The second kappa shape index (κ2) is 4.74. The topological polar surface area (TPSA) is 70.4 Å². The SMILES string of the molecule is CC(C)c1cncc2cc(C(O)C(=O)O)ccc12. The average molecular weight is 245 g/mol. The van der Waals surface area contributed by atoms with E-state index in [1.54, 1.807) is 18.3 Å². The standard InChI is InChI=1S/C14H15NO3/c1-8(2)12-7-15-6-10-5-9(3-4-11(10)12)13(16)14(17)18/h3-8,13,16H,1-2H3,(H,17,18). The summed E-state index contributed by atoms with van der Waals surface area (Å²) < 4.78 is 0. The van der Waals surface area contributed by atoms with E-state index >= 15 is 0 Å². The normalized spacial score (nSPS) is 12.9. The number of hydrogen-bond acceptors (Lipinski definition) is 3. The summed E-state index contributed by atoms with van der Waals surface area (Å²) in [5, 5.41) is 20.2. The van der Waals surface area contributed by atoms with Crippen molar-refractivity contribution < 1.29 is 15.0 Å². The van der Waals surface area contributed by atoms with Crippen molar-refractivity contribution in [3.63, 3.8) is 0 Å². The number of nitrogens with zero attached hydrogens (tertiary/aromatic N) is 1. The molecule has 0 spiro atoms. The van der Waals surface area contributed by atoms with Crippen molar-refractivity contribution in [1.29, 1.82) is 0 Å². The first-order valence-electron chi connectivity index (χ1n) is 5.79. The minimum atomic E-state index is -1.49. The van der Waals surface area contributed by atoms with E-state index in [-0.39, 0.29) is 0 Å². The van der Waals surface area contributed by atoms with Crippen LogP contribution in [0.3, 0.4) is 0 Å². The number of pyridine rings is 1. The molecule has 1 heterocycles. The van der Waals surface area contributed by atoms with Gasteiger partial charge in [0.1, 0.15) is 0 Å². The van der Waals surface area contributed by atoms with E-state index in [2.05, 4.69) is 18.8 Å². The summed E-state index contributed by atoms with van der Waals surface area (Å²) in [6, 6.07) is 5.16. The molecule has 0 aliphatic carbocycles. The molecule has 4 heteroatoms. The van der Waals surface area contributed by atoms with Gasteiger partial charge in [-0.15, -0.1) is 0 Å². The van der Waals surface area contributed by atoms with Crippen molar-refractivity contribution in [2.45, 2.75) is 25.9 Å². The fourth-order valence-corrected chi connectivity index (χ4v) is 1.99. The summed E-state index contributed by atoms with van der Waals surface area (Å²) in [6.07, 6.45) is 2.01. The van der Waals surface area contributed by atoms with E-state index < -0.39 is 12.1 Å². The number of hydrogen-bond donors (Lipinski definition) is 2. The maximum atomic E-state index is 10.7. The van der Waals surface area contributed by atoms with Gasteiger partial charge in [0.15, 0.2) is 6.10 Å². The lowest BCUT2D eigenvalue weighted by molar-refractivity contribution is -0.146. The monoisotopic (exact) mass is 245 g/mol. The fraction of sp³-hybridized carbons (Fsp3) is 0.286. The van der Waals surface area contributed by atoms with Crippen molar-refractivity contribution in [1.82, 2.24) is 4.98 Å². The highest BCUT2D eigenvalue weighted by atomic mass is 16.4. The summed E-state index contributed by atoms with van der Waals surface area (Å²) >= 11 is 0. The Morgan fingerprint density at radius 3 is 2.61 bits per heavy atom. The lowest BCUT2D eigenvalue weighted by Crippen LogP contribution is -2.10. The van der Waals surface area contributed by atoms with E-state index in [1.165, 1.54) is 0 Å². The highest BCUT2D eigenvalue weighted by Gasteiger charge is 2.16. The number of aliphatic hydroxyl groups excluding tert-OH is 1. The quantitative estimate of drug-likeness (QED) is 0.871. The molecule has 1 atom stereocenters. The van der Waals surface area contributed by atoms with Gasteiger partial charge in [-0.2, -0.15) is 0 Å². The maximum Gasteiger partial charge on any atom is 0.337 e. The Hall–Kier alpha value is -1.94. The summed E-state index contributed by atoms with van der Waals surface area (Å²) in [5.74, 6) is -0.904. The van der Waals surface area contributed by atoms with E-state index in [0.29, 0.717) is 11.5 Å². The fourth-order valence-electron chi connectivity index (χ4n) is 1.99. The summed E-state index contributed by atoms with van der Waals surface area (Å²) in [6.45, 7) is 4.16. The Morgan fingerprint density at radius 1 is 1.28 bits per heavy atom. The van der Waals surface area contributed by atoms with Crippen molar-refractivity contribution in [3.8, 4) is 0 Å². The van der Waals surface area contributed by atoms with Gasteiger partial charge in [-0.25, -0.2) is 4.79 Å². The molecule has 0 radical (unpaired) electrons. The molecule has 2 rings (SSSR count). The highest BCUT2D eigenvalue weighted by molar-refractivity contribution is 5.87. The Bertz CT molecular complexity index is 593. The first kappa shape index (κ1) is 12.5. The predicted octanol–water partition coefficient (Wildman–Crippen LogP) is 2.48. The van der Waals surface area contributed by atoms with Crippen LogP contribution in [0.5, 0.6) is 0 Å². The number of fused-ring (bicyclic) bond motifs is 1. The van der Waals surface area contributed by atoms with Crippen LogP contribution in [-0.4, -0.2) is 21.2 Å². The molecule has 94 valence electrons. The van der Waals surface area contributed by atoms with Crippen LogP contribution >= 0.6 is 0 Å². The molecular weight excluding hydrogens is 230 g/mol. The zero-order valence-corrected chi connectivity index (χ0v) is 10.3. The molecule has 1 aromatic heterocycles. The zero-order chi connectivity index (χ0) is 13.3. The zero-order valence-electron chi connectivity index (χ0n) is 10.3. The van der Waals surface area contributed by atoms with E-state index in [9.17, 15) is 9.90 Å². The van der Waals surface area contributed by atoms with Crippen LogP contribution in [0.25, 0.3) is 10.8 Å². The van der Waals surface area contributed by atoms with E-state index in [1.807, 2.05) is 12.3 Å². The van der Waals surface area contributed by atoms with Crippen LogP contribution in [0, 0.1) is 0 Å². The van der Waals surface area contributed by atoms with Gasteiger partial charge in [-0.3, -0.25) is 4.98 Å². The van der Waals surface area contributed by atoms with Crippen molar-refractivity contribution in [2.24, 2.45) is 0 Å². The Labute approximate surface area is 105 Å². The summed E-state index contributed by atoms with van der Waals surface area (Å²) in [4.78, 5) is 14.9. The van der Waals surface area contributed by atoms with E-state index in [0.717, 1.165) is 16.3 Å². The molecule has 0 fully saturated rings. The van der Waals surface area contributed by atoms with E-state index in [4.69, 9.17) is 5.11 Å². The second-order valence-electron chi connectivity index (χ2n) is 4.60. The second-order valence-corrected chi connectivity index (χ2v) is 4.60. The molecule has 0 aliphatic heterocycles. The molecule has 1 aromatic carbocycles. The first-order valence-corrected chi connectivity index (χ1v) is 5.79. The molecule has 0 aliphatic rings. The van der Waals surface area contributed by atoms with Gasteiger partial charge in [-0.05, 0) is 28.5 Å². The minimum absolute atomic E-state index is 0.344. The van der Waals surface area contributed by atoms with Crippen LogP contribution in [0.1, 0.15) is 37.0 Å². The van der Waals surface area contributed by atoms with Crippen molar-refractivity contribution in [3.05, 3.63) is 41.7 Å². The third kappa shape index (κ3) is 2.19. The largest absolute Gasteiger partial charge is 0.479 e. The Morgan fingerprint density at radius 2 is 2.00 bits per heavy atom. The summed E-state index contributed by atoms with van der Waals surface area (Å²) in [7, 11) is 0. The van der Waals surface area contributed by atoms with Crippen molar-refractivity contribution >= 4 is 16.7 Å². The molecule has 0 saturated heterocycles. The minimum Gasteiger partial charge on any atom is -0.479 e. The summed E-state index contributed by atoms with van der Waals surface area (Å²) in [5.41, 5.74) is 1.49. The number of aliphatic carboxylic acids is 1. The molecule has 2 N–H and O–H groups in total. The van der Waals surface area contributed by atoms with Crippen LogP contribution in [-0.2, 0) is 4.79 Å². The van der Waals surface area contributed by atoms with Gasteiger partial charge >= 0.3 is 5.97 Å². The number of carboxylic acids is 1. The first-order chi connectivity index (χ1) is 8.50. The van der Waals surface area contributed by atoms with Gasteiger partial charge in [0, 0.05) is 17.8 Å². The van der Waals surface area contributed by atoms with Crippen LogP contribution in [0.15, 0.2) is 30.6 Å². The lowest BCUT2D eigenvalue weighted by Gasteiger charge is -2.11.